The van der Waals surface area contributed by atoms with Gasteiger partial charge in [0.2, 0.25) is 5.91 Å². The zero-order chi connectivity index (χ0) is 17.8. The van der Waals surface area contributed by atoms with Crippen LogP contribution >= 0.6 is 0 Å². The molecule has 1 aromatic carbocycles. The molecule has 5 nitrogen and oxygen atoms in total. The van der Waals surface area contributed by atoms with E-state index < -0.39 is 6.10 Å². The Balaban J connectivity index is 1.55. The van der Waals surface area contributed by atoms with Gasteiger partial charge in [-0.05, 0) is 45.2 Å². The van der Waals surface area contributed by atoms with Crippen molar-refractivity contribution in [3.8, 4) is 0 Å². The number of hydrogen-bond donors (Lipinski definition) is 1. The van der Waals surface area contributed by atoms with Gasteiger partial charge < -0.3 is 14.7 Å². The van der Waals surface area contributed by atoms with Crippen LogP contribution in [0, 0.1) is 0 Å². The largest absolute Gasteiger partial charge is 0.388 e. The Kier molecular flexibility index (Phi) is 6.10. The first-order valence-electron chi connectivity index (χ1n) is 9.43. The number of ether oxygens (including phenoxy) is 1. The van der Waals surface area contributed by atoms with E-state index in [0.29, 0.717) is 26.1 Å². The van der Waals surface area contributed by atoms with Crippen LogP contribution in [0.15, 0.2) is 30.3 Å². The van der Waals surface area contributed by atoms with Gasteiger partial charge in [-0.1, -0.05) is 30.3 Å². The highest BCUT2D eigenvalue weighted by molar-refractivity contribution is 5.78. The normalized spacial score (nSPS) is 28.9. The van der Waals surface area contributed by atoms with Crippen molar-refractivity contribution in [1.29, 1.82) is 0 Å². The molecule has 1 N–H and O–H groups in total. The maximum atomic E-state index is 12.7. The number of benzene rings is 1. The molecule has 0 radical (unpaired) electrons. The first kappa shape index (κ1) is 18.4. The summed E-state index contributed by atoms with van der Waals surface area (Å²) >= 11 is 0. The van der Waals surface area contributed by atoms with E-state index in [0.717, 1.165) is 24.9 Å². The van der Waals surface area contributed by atoms with Crippen LogP contribution in [0.5, 0.6) is 0 Å². The van der Waals surface area contributed by atoms with E-state index in [1.165, 1.54) is 0 Å². The van der Waals surface area contributed by atoms with Crippen LogP contribution < -0.4 is 0 Å². The molecule has 0 aromatic heterocycles. The van der Waals surface area contributed by atoms with Crippen LogP contribution in [0.1, 0.15) is 44.8 Å². The molecule has 2 fully saturated rings. The molecular formula is C20H30N2O3. The molecule has 3 rings (SSSR count). The van der Waals surface area contributed by atoms with Gasteiger partial charge in [0.25, 0.3) is 0 Å². The number of rotatable bonds is 5. The monoisotopic (exact) mass is 346 g/mol. The Morgan fingerprint density at radius 2 is 1.92 bits per heavy atom. The molecule has 25 heavy (non-hydrogen) atoms. The smallest absolute Gasteiger partial charge is 0.236 e. The molecule has 1 amide bonds. The van der Waals surface area contributed by atoms with E-state index in [-0.39, 0.29) is 24.2 Å². The molecule has 5 heteroatoms. The lowest BCUT2D eigenvalue weighted by Gasteiger charge is -2.37. The maximum Gasteiger partial charge on any atom is 0.236 e. The predicted molar refractivity (Wildman–Crippen MR) is 97.2 cm³/mol. The van der Waals surface area contributed by atoms with Crippen LogP contribution in [0.4, 0.5) is 0 Å². The van der Waals surface area contributed by atoms with Gasteiger partial charge in [-0.25, -0.2) is 0 Å². The molecule has 4 unspecified atom stereocenters. The highest BCUT2D eigenvalue weighted by atomic mass is 16.5. The summed E-state index contributed by atoms with van der Waals surface area (Å²) < 4.78 is 5.72. The van der Waals surface area contributed by atoms with E-state index in [4.69, 9.17) is 4.74 Å². The van der Waals surface area contributed by atoms with E-state index in [2.05, 4.69) is 4.90 Å². The van der Waals surface area contributed by atoms with Gasteiger partial charge in [-0.3, -0.25) is 9.69 Å². The lowest BCUT2D eigenvalue weighted by Crippen LogP contribution is -2.51. The zero-order valence-corrected chi connectivity index (χ0v) is 15.3. The summed E-state index contributed by atoms with van der Waals surface area (Å²) in [5.74, 6) is 0.183. The van der Waals surface area contributed by atoms with Crippen molar-refractivity contribution in [2.45, 2.75) is 57.5 Å². The number of aliphatic hydroxyl groups is 1. The SMILES string of the molecule is CC1CN(C(=O)CN2CCCC2CC(O)c2ccccc2)CC(C)O1. The third kappa shape index (κ3) is 4.81. The second kappa shape index (κ2) is 8.30. The Morgan fingerprint density at radius 3 is 2.60 bits per heavy atom. The van der Waals surface area contributed by atoms with E-state index in [1.54, 1.807) is 0 Å². The highest BCUT2D eigenvalue weighted by Crippen LogP contribution is 2.27. The maximum absolute atomic E-state index is 12.7. The highest BCUT2D eigenvalue weighted by Gasteiger charge is 2.32. The molecule has 2 aliphatic heterocycles. The molecule has 1 aromatic rings. The van der Waals surface area contributed by atoms with Crippen molar-refractivity contribution in [2.24, 2.45) is 0 Å². The zero-order valence-electron chi connectivity index (χ0n) is 15.3. The van der Waals surface area contributed by atoms with Crippen molar-refractivity contribution < 1.29 is 14.6 Å². The Hall–Kier alpha value is -1.43. The quantitative estimate of drug-likeness (QED) is 0.888. The average molecular weight is 346 g/mol. The number of likely N-dealkylation sites (tertiary alicyclic amines) is 1. The standard InChI is InChI=1S/C20H30N2O3/c1-15-12-22(13-16(2)25-15)20(24)14-21-10-6-9-18(21)11-19(23)17-7-4-3-5-8-17/h3-5,7-8,15-16,18-19,23H,6,9-14H2,1-2H3. The number of nitrogens with zero attached hydrogens (tertiary/aromatic N) is 2. The first-order valence-corrected chi connectivity index (χ1v) is 9.43. The first-order chi connectivity index (χ1) is 12.0. The van der Waals surface area contributed by atoms with Crippen LogP contribution in [0.2, 0.25) is 0 Å². The minimum absolute atomic E-state index is 0.0991. The molecule has 0 aliphatic carbocycles. The molecular weight excluding hydrogens is 316 g/mol. The van der Waals surface area contributed by atoms with E-state index in [9.17, 15) is 9.90 Å². The van der Waals surface area contributed by atoms with Crippen molar-refractivity contribution in [3.63, 3.8) is 0 Å². The summed E-state index contributed by atoms with van der Waals surface area (Å²) in [7, 11) is 0. The topological polar surface area (TPSA) is 53.0 Å². The van der Waals surface area contributed by atoms with E-state index in [1.807, 2.05) is 49.1 Å². The third-order valence-corrected chi connectivity index (χ3v) is 5.29. The van der Waals surface area contributed by atoms with Crippen LogP contribution in [-0.2, 0) is 9.53 Å². The van der Waals surface area contributed by atoms with Crippen molar-refractivity contribution in [3.05, 3.63) is 35.9 Å². The Labute approximate surface area is 150 Å². The second-order valence-electron chi connectivity index (χ2n) is 7.48. The minimum Gasteiger partial charge on any atom is -0.388 e. The van der Waals surface area contributed by atoms with E-state index >= 15 is 0 Å². The molecule has 2 heterocycles. The molecule has 2 aliphatic rings. The van der Waals surface area contributed by atoms with Gasteiger partial charge in [0.15, 0.2) is 0 Å². The fourth-order valence-electron chi connectivity index (χ4n) is 4.09. The number of morpholine rings is 1. The van der Waals surface area contributed by atoms with Crippen LogP contribution in [0.3, 0.4) is 0 Å². The minimum atomic E-state index is -0.467. The van der Waals surface area contributed by atoms with Gasteiger partial charge in [-0.15, -0.1) is 0 Å². The number of amides is 1. The molecule has 0 bridgehead atoms. The number of carbonyl (C=O) groups excluding carboxylic acids is 1. The van der Waals surface area contributed by atoms with Crippen molar-refractivity contribution in [1.82, 2.24) is 9.80 Å². The summed E-state index contributed by atoms with van der Waals surface area (Å²) in [6.07, 6.45) is 2.56. The summed E-state index contributed by atoms with van der Waals surface area (Å²) in [6, 6.07) is 10.1. The van der Waals surface area contributed by atoms with Gasteiger partial charge in [0.05, 0.1) is 24.9 Å². The Bertz CT molecular complexity index is 555. The van der Waals surface area contributed by atoms with Gasteiger partial charge in [0, 0.05) is 19.1 Å². The van der Waals surface area contributed by atoms with Crippen molar-refractivity contribution >= 4 is 5.91 Å². The number of carbonyl (C=O) groups is 1. The molecule has 0 saturated carbocycles. The molecule has 2 saturated heterocycles. The molecule has 0 spiro atoms. The number of hydrogen-bond acceptors (Lipinski definition) is 4. The molecule has 4 atom stereocenters. The lowest BCUT2D eigenvalue weighted by molar-refractivity contribution is -0.144. The third-order valence-electron chi connectivity index (χ3n) is 5.29. The van der Waals surface area contributed by atoms with Gasteiger partial charge in [-0.2, -0.15) is 0 Å². The second-order valence-corrected chi connectivity index (χ2v) is 7.48. The van der Waals surface area contributed by atoms with Gasteiger partial charge in [0.1, 0.15) is 0 Å². The lowest BCUT2D eigenvalue weighted by atomic mass is 10.0. The number of aliphatic hydroxyl groups excluding tert-OH is 1. The summed E-state index contributed by atoms with van der Waals surface area (Å²) in [5.41, 5.74) is 0.955. The van der Waals surface area contributed by atoms with Crippen LogP contribution in [0.25, 0.3) is 0 Å². The summed E-state index contributed by atoms with van der Waals surface area (Å²) in [4.78, 5) is 16.9. The van der Waals surface area contributed by atoms with Crippen molar-refractivity contribution in [2.75, 3.05) is 26.2 Å². The summed E-state index contributed by atoms with van der Waals surface area (Å²) in [5, 5.41) is 10.5. The predicted octanol–water partition coefficient (Wildman–Crippen LogP) is 2.21. The molecule has 138 valence electrons. The Morgan fingerprint density at radius 1 is 1.24 bits per heavy atom. The fraction of sp³-hybridized carbons (Fsp3) is 0.650. The van der Waals surface area contributed by atoms with Crippen LogP contribution in [-0.4, -0.2) is 65.2 Å². The summed E-state index contributed by atoms with van der Waals surface area (Å²) in [6.45, 7) is 6.78. The van der Waals surface area contributed by atoms with Gasteiger partial charge >= 0.3 is 0 Å². The average Bonchev–Trinajstić information content (AvgIpc) is 3.01. The fourth-order valence-corrected chi connectivity index (χ4v) is 4.09.